The van der Waals surface area contributed by atoms with Crippen LogP contribution in [0, 0.1) is 0 Å². The Bertz CT molecular complexity index is 456. The number of para-hydroxylation sites is 1. The van der Waals surface area contributed by atoms with E-state index in [1.54, 1.807) is 18.4 Å². The zero-order chi connectivity index (χ0) is 12.1. The second-order valence-electron chi connectivity index (χ2n) is 3.86. The average Bonchev–Trinajstić information content (AvgIpc) is 2.85. The maximum Gasteiger partial charge on any atom is 0.0795 e. The molecule has 1 unspecified atom stereocenters. The molecule has 0 amide bonds. The number of hydrogen-bond donors (Lipinski definition) is 1. The van der Waals surface area contributed by atoms with Crippen molar-refractivity contribution in [1.29, 1.82) is 0 Å². The van der Waals surface area contributed by atoms with Gasteiger partial charge in [-0.05, 0) is 13.0 Å². The SMILES string of the molecule is COCc1ccccc1NC(C)c1cncs1. The van der Waals surface area contributed by atoms with Crippen LogP contribution in [0.3, 0.4) is 0 Å². The lowest BCUT2D eigenvalue weighted by atomic mass is 10.1. The van der Waals surface area contributed by atoms with Crippen LogP contribution in [-0.2, 0) is 11.3 Å². The second kappa shape index (κ2) is 5.80. The Kier molecular flexibility index (Phi) is 4.12. The number of hydrogen-bond acceptors (Lipinski definition) is 4. The number of anilines is 1. The van der Waals surface area contributed by atoms with Crippen LogP contribution < -0.4 is 5.32 Å². The van der Waals surface area contributed by atoms with Crippen LogP contribution in [0.25, 0.3) is 0 Å². The molecular formula is C13H16N2OS. The van der Waals surface area contributed by atoms with E-state index in [1.165, 1.54) is 10.4 Å². The molecule has 1 aromatic carbocycles. The van der Waals surface area contributed by atoms with Crippen molar-refractivity contribution in [3.05, 3.63) is 46.4 Å². The number of nitrogens with one attached hydrogen (secondary N) is 1. The molecule has 0 saturated carbocycles. The third-order valence-electron chi connectivity index (χ3n) is 2.57. The van der Waals surface area contributed by atoms with E-state index in [0.717, 1.165) is 5.69 Å². The molecule has 4 heteroatoms. The minimum Gasteiger partial charge on any atom is -0.380 e. The van der Waals surface area contributed by atoms with E-state index in [2.05, 4.69) is 29.4 Å². The van der Waals surface area contributed by atoms with Crippen molar-refractivity contribution in [3.63, 3.8) is 0 Å². The maximum atomic E-state index is 5.19. The molecule has 0 spiro atoms. The topological polar surface area (TPSA) is 34.1 Å². The van der Waals surface area contributed by atoms with Crippen LogP contribution >= 0.6 is 11.3 Å². The highest BCUT2D eigenvalue weighted by Crippen LogP contribution is 2.24. The number of ether oxygens (including phenoxy) is 1. The number of thiazole rings is 1. The molecule has 1 atom stereocenters. The number of rotatable bonds is 5. The number of methoxy groups -OCH3 is 1. The van der Waals surface area contributed by atoms with Crippen molar-refractivity contribution in [1.82, 2.24) is 4.98 Å². The molecular weight excluding hydrogens is 232 g/mol. The molecule has 0 radical (unpaired) electrons. The van der Waals surface area contributed by atoms with Gasteiger partial charge in [0.2, 0.25) is 0 Å². The molecule has 2 aromatic rings. The van der Waals surface area contributed by atoms with Gasteiger partial charge >= 0.3 is 0 Å². The van der Waals surface area contributed by atoms with Crippen molar-refractivity contribution in [2.45, 2.75) is 19.6 Å². The van der Waals surface area contributed by atoms with Gasteiger partial charge in [-0.3, -0.25) is 4.98 Å². The lowest BCUT2D eigenvalue weighted by molar-refractivity contribution is 0.185. The van der Waals surface area contributed by atoms with Crippen molar-refractivity contribution in [3.8, 4) is 0 Å². The van der Waals surface area contributed by atoms with E-state index < -0.39 is 0 Å². The Labute approximate surface area is 105 Å². The van der Waals surface area contributed by atoms with E-state index in [9.17, 15) is 0 Å². The molecule has 90 valence electrons. The molecule has 1 heterocycles. The van der Waals surface area contributed by atoms with Gasteiger partial charge in [-0.2, -0.15) is 0 Å². The number of nitrogens with zero attached hydrogens (tertiary/aromatic N) is 1. The maximum absolute atomic E-state index is 5.19. The Balaban J connectivity index is 2.12. The summed E-state index contributed by atoms with van der Waals surface area (Å²) in [5, 5.41) is 3.49. The van der Waals surface area contributed by atoms with Gasteiger partial charge in [-0.1, -0.05) is 18.2 Å². The van der Waals surface area contributed by atoms with Gasteiger partial charge in [0.1, 0.15) is 0 Å². The van der Waals surface area contributed by atoms with E-state index in [-0.39, 0.29) is 6.04 Å². The largest absolute Gasteiger partial charge is 0.380 e. The van der Waals surface area contributed by atoms with Gasteiger partial charge in [0.15, 0.2) is 0 Å². The summed E-state index contributed by atoms with van der Waals surface area (Å²) in [5.41, 5.74) is 4.15. The van der Waals surface area contributed by atoms with Crippen LogP contribution in [-0.4, -0.2) is 12.1 Å². The minimum atomic E-state index is 0.264. The smallest absolute Gasteiger partial charge is 0.0795 e. The molecule has 1 aromatic heterocycles. The zero-order valence-electron chi connectivity index (χ0n) is 10.0. The summed E-state index contributed by atoms with van der Waals surface area (Å²) < 4.78 is 5.19. The second-order valence-corrected chi connectivity index (χ2v) is 4.78. The highest BCUT2D eigenvalue weighted by Gasteiger charge is 2.09. The zero-order valence-corrected chi connectivity index (χ0v) is 10.8. The fourth-order valence-corrected chi connectivity index (χ4v) is 2.31. The normalized spacial score (nSPS) is 12.4. The first kappa shape index (κ1) is 12.1. The van der Waals surface area contributed by atoms with Gasteiger partial charge in [0.05, 0.1) is 18.2 Å². The predicted octanol–water partition coefficient (Wildman–Crippen LogP) is 3.46. The summed E-state index contributed by atoms with van der Waals surface area (Å²) in [6.07, 6.45) is 1.90. The quantitative estimate of drug-likeness (QED) is 0.879. The van der Waals surface area contributed by atoms with Crippen LogP contribution in [0.2, 0.25) is 0 Å². The fourth-order valence-electron chi connectivity index (χ4n) is 1.69. The highest BCUT2D eigenvalue weighted by molar-refractivity contribution is 7.09. The highest BCUT2D eigenvalue weighted by atomic mass is 32.1. The summed E-state index contributed by atoms with van der Waals surface area (Å²) in [6, 6.07) is 8.47. The van der Waals surface area contributed by atoms with Crippen LogP contribution in [0.15, 0.2) is 36.0 Å². The molecule has 2 rings (SSSR count). The van der Waals surface area contributed by atoms with E-state index in [1.807, 2.05) is 23.8 Å². The molecule has 0 aliphatic heterocycles. The van der Waals surface area contributed by atoms with Crippen LogP contribution in [0.5, 0.6) is 0 Å². The van der Waals surface area contributed by atoms with E-state index >= 15 is 0 Å². The minimum absolute atomic E-state index is 0.264. The molecule has 1 N–H and O–H groups in total. The summed E-state index contributed by atoms with van der Waals surface area (Å²) in [5.74, 6) is 0. The van der Waals surface area contributed by atoms with Crippen LogP contribution in [0.1, 0.15) is 23.4 Å². The predicted molar refractivity (Wildman–Crippen MR) is 71.3 cm³/mol. The van der Waals surface area contributed by atoms with Crippen LogP contribution in [0.4, 0.5) is 5.69 Å². The summed E-state index contributed by atoms with van der Waals surface area (Å²) in [4.78, 5) is 5.33. The first-order chi connectivity index (χ1) is 8.31. The van der Waals surface area contributed by atoms with Gasteiger partial charge in [0.25, 0.3) is 0 Å². The summed E-state index contributed by atoms with van der Waals surface area (Å²) in [6.45, 7) is 2.76. The first-order valence-electron chi connectivity index (χ1n) is 5.53. The Morgan fingerprint density at radius 3 is 2.94 bits per heavy atom. The molecule has 3 nitrogen and oxygen atoms in total. The van der Waals surface area contributed by atoms with Crippen molar-refractivity contribution < 1.29 is 4.74 Å². The Morgan fingerprint density at radius 1 is 1.41 bits per heavy atom. The van der Waals surface area contributed by atoms with Gasteiger partial charge < -0.3 is 10.1 Å². The molecule has 0 bridgehead atoms. The van der Waals surface area contributed by atoms with Crippen molar-refractivity contribution >= 4 is 17.0 Å². The molecule has 17 heavy (non-hydrogen) atoms. The van der Waals surface area contributed by atoms with Crippen molar-refractivity contribution in [2.24, 2.45) is 0 Å². The molecule has 0 aliphatic carbocycles. The first-order valence-corrected chi connectivity index (χ1v) is 6.41. The number of aromatic nitrogens is 1. The summed E-state index contributed by atoms with van der Waals surface area (Å²) in [7, 11) is 1.71. The van der Waals surface area contributed by atoms with E-state index in [4.69, 9.17) is 4.74 Å². The van der Waals surface area contributed by atoms with Crippen molar-refractivity contribution in [2.75, 3.05) is 12.4 Å². The third kappa shape index (κ3) is 3.05. The molecule has 0 saturated heterocycles. The van der Waals surface area contributed by atoms with Gasteiger partial charge in [-0.15, -0.1) is 11.3 Å². The van der Waals surface area contributed by atoms with Gasteiger partial charge in [0, 0.05) is 29.4 Å². The lowest BCUT2D eigenvalue weighted by Gasteiger charge is -2.16. The molecule has 0 fully saturated rings. The molecule has 0 aliphatic rings. The van der Waals surface area contributed by atoms with E-state index in [0.29, 0.717) is 6.61 Å². The number of benzene rings is 1. The Morgan fingerprint density at radius 2 is 2.24 bits per heavy atom. The lowest BCUT2D eigenvalue weighted by Crippen LogP contribution is -2.07. The van der Waals surface area contributed by atoms with Gasteiger partial charge in [-0.25, -0.2) is 0 Å². The summed E-state index contributed by atoms with van der Waals surface area (Å²) >= 11 is 1.66. The third-order valence-corrected chi connectivity index (χ3v) is 3.53. The monoisotopic (exact) mass is 248 g/mol. The Hall–Kier alpha value is -1.39. The standard InChI is InChI=1S/C13H16N2OS/c1-10(13-7-14-9-17-13)15-12-6-4-3-5-11(12)8-16-2/h3-7,9-10,15H,8H2,1-2H3. The fraction of sp³-hybridized carbons (Fsp3) is 0.308. The average molecular weight is 248 g/mol.